The average Bonchev–Trinajstić information content (AvgIpc) is 1.96. The van der Waals surface area contributed by atoms with Crippen molar-refractivity contribution in [1.29, 1.82) is 0 Å². The van der Waals surface area contributed by atoms with Crippen molar-refractivity contribution < 1.29 is 4.79 Å². The third-order valence-corrected chi connectivity index (χ3v) is 5.13. The molecule has 0 atom stereocenters. The van der Waals surface area contributed by atoms with Crippen molar-refractivity contribution in [2.75, 3.05) is 0 Å². The first-order valence-electron chi connectivity index (χ1n) is 2.86. The summed E-state index contributed by atoms with van der Waals surface area (Å²) >= 11 is 11.9. The molecule has 1 nitrogen and oxygen atoms in total. The maximum Gasteiger partial charge on any atom is 0.253 e. The Morgan fingerprint density at radius 2 is 1.58 bits per heavy atom. The number of hydrogen-bond donors (Lipinski definition) is 0. The highest BCUT2D eigenvalue weighted by Gasteiger charge is 2.09. The Balaban J connectivity index is 3.33. The summed E-state index contributed by atoms with van der Waals surface area (Å²) in [5.74, 6) is 0. The van der Waals surface area contributed by atoms with Crippen LogP contribution in [0, 0.1) is 10.7 Å². The number of carbonyl (C=O) groups excluding carboxylic acids is 1. The van der Waals surface area contributed by atoms with Crippen LogP contribution in [0.3, 0.4) is 0 Å². The Morgan fingerprint density at radius 3 is 2.08 bits per heavy atom. The van der Waals surface area contributed by atoms with Crippen LogP contribution in [0.1, 0.15) is 10.4 Å². The van der Waals surface area contributed by atoms with Gasteiger partial charge in [0.05, 0.1) is 0 Å². The molecule has 0 aliphatic rings. The van der Waals surface area contributed by atoms with Gasteiger partial charge in [-0.15, -0.1) is 0 Å². The molecule has 0 spiro atoms. The zero-order chi connectivity index (χ0) is 9.30. The normalized spacial score (nSPS) is 10.0. The molecule has 0 aromatic heterocycles. The first-order valence-corrected chi connectivity index (χ1v) is 6.48. The lowest BCUT2D eigenvalue weighted by atomic mass is 10.2. The molecular weight excluding hydrogens is 516 g/mol. The van der Waals surface area contributed by atoms with Crippen LogP contribution < -0.4 is 0 Å². The van der Waals surface area contributed by atoms with Crippen molar-refractivity contribution in [3.05, 3.63) is 28.4 Å². The summed E-state index contributed by atoms with van der Waals surface area (Å²) in [6.45, 7) is 0. The SMILES string of the molecule is O=C(Cl)c1cc(I)c(I)cc1I. The summed E-state index contributed by atoms with van der Waals surface area (Å²) in [6, 6.07) is 3.75. The molecule has 1 rings (SSSR count). The van der Waals surface area contributed by atoms with E-state index >= 15 is 0 Å². The molecule has 0 N–H and O–H groups in total. The van der Waals surface area contributed by atoms with Gasteiger partial charge in [0.15, 0.2) is 0 Å². The fourth-order valence-electron chi connectivity index (χ4n) is 0.673. The van der Waals surface area contributed by atoms with E-state index < -0.39 is 5.24 Å². The molecule has 12 heavy (non-hydrogen) atoms. The van der Waals surface area contributed by atoms with Crippen molar-refractivity contribution in [2.24, 2.45) is 0 Å². The smallest absolute Gasteiger partial charge is 0.253 e. The zero-order valence-corrected chi connectivity index (χ0v) is 12.8. The Kier molecular flexibility index (Phi) is 4.52. The van der Waals surface area contributed by atoms with Gasteiger partial charge in [-0.2, -0.15) is 0 Å². The van der Waals surface area contributed by atoms with Gasteiger partial charge < -0.3 is 0 Å². The van der Waals surface area contributed by atoms with Crippen LogP contribution >= 0.6 is 79.4 Å². The second-order valence-electron chi connectivity index (χ2n) is 2.02. The largest absolute Gasteiger partial charge is 0.276 e. The van der Waals surface area contributed by atoms with Crippen LogP contribution in [-0.4, -0.2) is 5.24 Å². The highest BCUT2D eigenvalue weighted by molar-refractivity contribution is 14.1. The van der Waals surface area contributed by atoms with E-state index in [1.165, 1.54) is 0 Å². The van der Waals surface area contributed by atoms with E-state index in [0.29, 0.717) is 5.56 Å². The summed E-state index contributed by atoms with van der Waals surface area (Å²) < 4.78 is 3.09. The van der Waals surface area contributed by atoms with E-state index in [4.69, 9.17) is 11.6 Å². The van der Waals surface area contributed by atoms with Crippen molar-refractivity contribution in [2.45, 2.75) is 0 Å². The molecule has 0 bridgehead atoms. The minimum Gasteiger partial charge on any atom is -0.276 e. The summed E-state index contributed by atoms with van der Waals surface area (Å²) in [4.78, 5) is 10.9. The minimum absolute atomic E-state index is 0.395. The number of halogens is 4. The van der Waals surface area contributed by atoms with Crippen molar-refractivity contribution in [1.82, 2.24) is 0 Å². The molecule has 0 unspecified atom stereocenters. The lowest BCUT2D eigenvalue weighted by molar-refractivity contribution is 0.108. The molecule has 0 saturated heterocycles. The summed E-state index contributed by atoms with van der Waals surface area (Å²) in [6.07, 6.45) is 0. The third kappa shape index (κ3) is 2.68. The number of hydrogen-bond acceptors (Lipinski definition) is 1. The van der Waals surface area contributed by atoms with Gasteiger partial charge in [-0.1, -0.05) is 0 Å². The summed E-state index contributed by atoms with van der Waals surface area (Å²) in [5, 5.41) is -0.395. The maximum absolute atomic E-state index is 10.9. The molecule has 5 heteroatoms. The van der Waals surface area contributed by atoms with E-state index in [9.17, 15) is 4.79 Å². The predicted octanol–water partition coefficient (Wildman–Crippen LogP) is 3.88. The van der Waals surface area contributed by atoms with Crippen LogP contribution in [0.4, 0.5) is 0 Å². The molecule has 0 fully saturated rings. The Morgan fingerprint density at radius 1 is 1.08 bits per heavy atom. The van der Waals surface area contributed by atoms with Gasteiger partial charge in [0.1, 0.15) is 0 Å². The monoisotopic (exact) mass is 518 g/mol. The van der Waals surface area contributed by atoms with Crippen LogP contribution in [0.15, 0.2) is 12.1 Å². The Bertz CT molecular complexity index is 338. The molecule has 1 aromatic carbocycles. The van der Waals surface area contributed by atoms with Gasteiger partial charge in [0, 0.05) is 16.3 Å². The van der Waals surface area contributed by atoms with Crippen LogP contribution in [0.25, 0.3) is 0 Å². The lowest BCUT2D eigenvalue weighted by Gasteiger charge is -2.01. The average molecular weight is 518 g/mol. The molecule has 0 radical (unpaired) electrons. The van der Waals surface area contributed by atoms with Crippen LogP contribution in [0.2, 0.25) is 0 Å². The fourth-order valence-corrected chi connectivity index (χ4v) is 3.23. The molecule has 64 valence electrons. The predicted molar refractivity (Wildman–Crippen MR) is 74.8 cm³/mol. The summed E-state index contributed by atoms with van der Waals surface area (Å²) in [7, 11) is 0. The van der Waals surface area contributed by atoms with Gasteiger partial charge >= 0.3 is 0 Å². The standard InChI is InChI=1S/C7H2ClI3O/c8-7(12)3-1-5(10)6(11)2-4(3)9/h1-2H. The number of rotatable bonds is 1. The van der Waals surface area contributed by atoms with Gasteiger partial charge in [-0.05, 0) is 91.5 Å². The topological polar surface area (TPSA) is 17.1 Å². The first kappa shape index (κ1) is 11.4. The molecule has 0 aliphatic carbocycles. The van der Waals surface area contributed by atoms with E-state index in [-0.39, 0.29) is 0 Å². The van der Waals surface area contributed by atoms with Crippen LogP contribution in [-0.2, 0) is 0 Å². The van der Waals surface area contributed by atoms with Crippen molar-refractivity contribution in [3.8, 4) is 0 Å². The Labute approximate surface area is 116 Å². The molecule has 0 saturated carbocycles. The van der Waals surface area contributed by atoms with Crippen LogP contribution in [0.5, 0.6) is 0 Å². The molecule has 0 amide bonds. The first-order chi connectivity index (χ1) is 5.52. The number of benzene rings is 1. The molecule has 1 aromatic rings. The molecular formula is C7H2ClI3O. The minimum atomic E-state index is -0.395. The van der Waals surface area contributed by atoms with Gasteiger partial charge in [0.2, 0.25) is 0 Å². The lowest BCUT2D eigenvalue weighted by Crippen LogP contribution is -1.95. The fraction of sp³-hybridized carbons (Fsp3) is 0. The van der Waals surface area contributed by atoms with E-state index in [0.717, 1.165) is 10.7 Å². The third-order valence-electron chi connectivity index (χ3n) is 1.22. The molecule has 0 heterocycles. The van der Waals surface area contributed by atoms with Gasteiger partial charge in [-0.25, -0.2) is 0 Å². The second-order valence-corrected chi connectivity index (χ2v) is 5.85. The number of carbonyl (C=O) groups is 1. The summed E-state index contributed by atoms with van der Waals surface area (Å²) in [5.41, 5.74) is 0.585. The molecule has 0 aliphatic heterocycles. The van der Waals surface area contributed by atoms with E-state index in [2.05, 4.69) is 67.8 Å². The quantitative estimate of drug-likeness (QED) is 0.314. The highest BCUT2D eigenvalue weighted by atomic mass is 127. The zero-order valence-electron chi connectivity index (χ0n) is 5.57. The van der Waals surface area contributed by atoms with Gasteiger partial charge in [-0.3, -0.25) is 4.79 Å². The van der Waals surface area contributed by atoms with Crippen molar-refractivity contribution in [3.63, 3.8) is 0 Å². The highest BCUT2D eigenvalue weighted by Crippen LogP contribution is 2.22. The van der Waals surface area contributed by atoms with Gasteiger partial charge in [0.25, 0.3) is 5.24 Å². The second kappa shape index (κ2) is 4.74. The Hall–Kier alpha value is 1.37. The van der Waals surface area contributed by atoms with E-state index in [1.54, 1.807) is 6.07 Å². The van der Waals surface area contributed by atoms with E-state index in [1.807, 2.05) is 6.07 Å². The maximum atomic E-state index is 10.9. The van der Waals surface area contributed by atoms with Crippen molar-refractivity contribution >= 4 is 84.6 Å².